The molecule has 1 aromatic rings. The molecule has 0 aromatic heterocycles. The predicted octanol–water partition coefficient (Wildman–Crippen LogP) is 3.03. The molecule has 0 fully saturated rings. The fourth-order valence-electron chi connectivity index (χ4n) is 1.74. The number of sulfonamides is 1. The highest BCUT2D eigenvalue weighted by atomic mass is 32.2. The van der Waals surface area contributed by atoms with E-state index in [9.17, 15) is 8.42 Å². The molecule has 0 atom stereocenters. The van der Waals surface area contributed by atoms with E-state index in [1.54, 1.807) is 18.2 Å². The highest BCUT2D eigenvalue weighted by molar-refractivity contribution is 7.89. The maximum atomic E-state index is 12.0. The van der Waals surface area contributed by atoms with Gasteiger partial charge in [-0.3, -0.25) is 0 Å². The van der Waals surface area contributed by atoms with Crippen LogP contribution in [0.5, 0.6) is 5.75 Å². The molecule has 4 nitrogen and oxygen atoms in total. The van der Waals surface area contributed by atoms with Crippen molar-refractivity contribution < 1.29 is 13.2 Å². The molecule has 0 amide bonds. The summed E-state index contributed by atoms with van der Waals surface area (Å²) < 4.78 is 32.0. The first-order valence-electron chi connectivity index (χ1n) is 6.85. The van der Waals surface area contributed by atoms with Gasteiger partial charge in [0.2, 0.25) is 10.0 Å². The van der Waals surface area contributed by atoms with E-state index in [0.29, 0.717) is 6.61 Å². The second-order valence-corrected chi connectivity index (χ2v) is 6.39. The molecular formula is C15H23NO3S. The van der Waals surface area contributed by atoms with Crippen molar-refractivity contribution in [3.05, 3.63) is 36.4 Å². The van der Waals surface area contributed by atoms with Gasteiger partial charge < -0.3 is 4.74 Å². The lowest BCUT2D eigenvalue weighted by Crippen LogP contribution is -2.23. The van der Waals surface area contributed by atoms with Crippen LogP contribution in [0.15, 0.2) is 35.7 Å². The van der Waals surface area contributed by atoms with Crippen LogP contribution in [0.2, 0.25) is 0 Å². The Bertz CT molecular complexity index is 538. The first-order valence-corrected chi connectivity index (χ1v) is 8.33. The van der Waals surface area contributed by atoms with Crippen molar-refractivity contribution >= 4 is 10.0 Å². The number of hydrogen-bond acceptors (Lipinski definition) is 3. The van der Waals surface area contributed by atoms with E-state index >= 15 is 0 Å². The van der Waals surface area contributed by atoms with Crippen LogP contribution in [0, 0.1) is 6.92 Å². The van der Waals surface area contributed by atoms with Crippen molar-refractivity contribution in [3.8, 4) is 5.75 Å². The SMILES string of the molecule is C=CCNS(=O)(=O)c1ccc(OCCCCC)c(C)c1. The zero-order chi connectivity index (χ0) is 15.0. The smallest absolute Gasteiger partial charge is 0.240 e. The normalized spacial score (nSPS) is 11.3. The van der Waals surface area contributed by atoms with E-state index in [1.165, 1.54) is 6.08 Å². The second kappa shape index (κ2) is 8.07. The van der Waals surface area contributed by atoms with Gasteiger partial charge >= 0.3 is 0 Å². The molecule has 0 heterocycles. The summed E-state index contributed by atoms with van der Waals surface area (Å²) in [6, 6.07) is 4.90. The van der Waals surface area contributed by atoms with Gasteiger partial charge in [-0.25, -0.2) is 13.1 Å². The van der Waals surface area contributed by atoms with Crippen LogP contribution in [0.1, 0.15) is 31.7 Å². The molecule has 0 aliphatic carbocycles. The second-order valence-electron chi connectivity index (χ2n) is 4.62. The Morgan fingerprint density at radius 3 is 2.70 bits per heavy atom. The molecule has 0 aliphatic rings. The molecule has 20 heavy (non-hydrogen) atoms. The lowest BCUT2D eigenvalue weighted by Gasteiger charge is -2.11. The Morgan fingerprint density at radius 1 is 1.35 bits per heavy atom. The molecular weight excluding hydrogens is 274 g/mol. The fraction of sp³-hybridized carbons (Fsp3) is 0.467. The van der Waals surface area contributed by atoms with E-state index in [0.717, 1.165) is 30.6 Å². The number of ether oxygens (including phenoxy) is 1. The van der Waals surface area contributed by atoms with Crippen LogP contribution in [0.25, 0.3) is 0 Å². The van der Waals surface area contributed by atoms with Crippen molar-refractivity contribution in [2.75, 3.05) is 13.2 Å². The highest BCUT2D eigenvalue weighted by Gasteiger charge is 2.14. The molecule has 0 saturated heterocycles. The van der Waals surface area contributed by atoms with Gasteiger partial charge in [-0.15, -0.1) is 6.58 Å². The summed E-state index contributed by atoms with van der Waals surface area (Å²) in [6.07, 6.45) is 4.80. The van der Waals surface area contributed by atoms with Crippen LogP contribution in [0.4, 0.5) is 0 Å². The van der Waals surface area contributed by atoms with E-state index < -0.39 is 10.0 Å². The van der Waals surface area contributed by atoms with Crippen molar-refractivity contribution in [2.24, 2.45) is 0 Å². The summed E-state index contributed by atoms with van der Waals surface area (Å²) >= 11 is 0. The maximum absolute atomic E-state index is 12.0. The molecule has 0 bridgehead atoms. The van der Waals surface area contributed by atoms with Gasteiger partial charge in [0, 0.05) is 6.54 Å². The van der Waals surface area contributed by atoms with Gasteiger partial charge in [0.05, 0.1) is 11.5 Å². The molecule has 0 unspecified atom stereocenters. The van der Waals surface area contributed by atoms with E-state index in [1.807, 2.05) is 6.92 Å². The summed E-state index contributed by atoms with van der Waals surface area (Å²) in [5.74, 6) is 0.740. The minimum absolute atomic E-state index is 0.219. The topological polar surface area (TPSA) is 55.4 Å². The number of hydrogen-bond donors (Lipinski definition) is 1. The Balaban J connectivity index is 2.74. The fourth-order valence-corrected chi connectivity index (χ4v) is 2.82. The lowest BCUT2D eigenvalue weighted by molar-refractivity contribution is 0.304. The number of benzene rings is 1. The van der Waals surface area contributed by atoms with Crippen LogP contribution < -0.4 is 9.46 Å². The quantitative estimate of drug-likeness (QED) is 0.563. The first-order chi connectivity index (χ1) is 9.51. The van der Waals surface area contributed by atoms with Crippen LogP contribution in [-0.4, -0.2) is 21.6 Å². The number of nitrogens with one attached hydrogen (secondary N) is 1. The molecule has 1 N–H and O–H groups in total. The number of aryl methyl sites for hydroxylation is 1. The average molecular weight is 297 g/mol. The minimum Gasteiger partial charge on any atom is -0.493 e. The molecule has 5 heteroatoms. The van der Waals surface area contributed by atoms with Crippen molar-refractivity contribution in [1.29, 1.82) is 0 Å². The summed E-state index contributed by atoms with van der Waals surface area (Å²) in [4.78, 5) is 0.248. The Kier molecular flexibility index (Phi) is 6.75. The average Bonchev–Trinajstić information content (AvgIpc) is 2.42. The Morgan fingerprint density at radius 2 is 2.10 bits per heavy atom. The van der Waals surface area contributed by atoms with Crippen molar-refractivity contribution in [2.45, 2.75) is 38.0 Å². The predicted molar refractivity (Wildman–Crippen MR) is 81.6 cm³/mol. The zero-order valence-corrected chi connectivity index (χ0v) is 13.0. The summed E-state index contributed by atoms with van der Waals surface area (Å²) in [7, 11) is -3.47. The highest BCUT2D eigenvalue weighted by Crippen LogP contribution is 2.22. The van der Waals surface area contributed by atoms with E-state index in [2.05, 4.69) is 18.2 Å². The zero-order valence-electron chi connectivity index (χ0n) is 12.2. The third kappa shape index (κ3) is 4.98. The van der Waals surface area contributed by atoms with E-state index in [4.69, 9.17) is 4.74 Å². The summed E-state index contributed by atoms with van der Waals surface area (Å²) in [6.45, 7) is 8.36. The molecule has 0 radical (unpaired) electrons. The molecule has 1 rings (SSSR count). The molecule has 112 valence electrons. The standard InChI is InChI=1S/C15H23NO3S/c1-4-6-7-11-19-15-9-8-14(12-13(15)3)20(17,18)16-10-5-2/h5,8-9,12,16H,2,4,6-7,10-11H2,1,3H3. The Labute approximate surface area is 121 Å². The molecule has 0 aliphatic heterocycles. The monoisotopic (exact) mass is 297 g/mol. The largest absolute Gasteiger partial charge is 0.493 e. The van der Waals surface area contributed by atoms with Crippen LogP contribution >= 0.6 is 0 Å². The lowest BCUT2D eigenvalue weighted by atomic mass is 10.2. The van der Waals surface area contributed by atoms with Crippen molar-refractivity contribution in [3.63, 3.8) is 0 Å². The van der Waals surface area contributed by atoms with Crippen molar-refractivity contribution in [1.82, 2.24) is 4.72 Å². The third-order valence-electron chi connectivity index (χ3n) is 2.88. The minimum atomic E-state index is -3.47. The number of unbranched alkanes of at least 4 members (excludes halogenated alkanes) is 2. The van der Waals surface area contributed by atoms with E-state index in [-0.39, 0.29) is 11.4 Å². The first kappa shape index (κ1) is 16.7. The molecule has 0 spiro atoms. The summed E-state index contributed by atoms with van der Waals surface area (Å²) in [5, 5.41) is 0. The third-order valence-corrected chi connectivity index (χ3v) is 4.30. The van der Waals surface area contributed by atoms with Gasteiger partial charge in [0.25, 0.3) is 0 Å². The van der Waals surface area contributed by atoms with Gasteiger partial charge in [0.1, 0.15) is 5.75 Å². The van der Waals surface area contributed by atoms with Crippen LogP contribution in [-0.2, 0) is 10.0 Å². The van der Waals surface area contributed by atoms with Gasteiger partial charge in [-0.05, 0) is 37.1 Å². The maximum Gasteiger partial charge on any atom is 0.240 e. The molecule has 0 saturated carbocycles. The van der Waals surface area contributed by atoms with Gasteiger partial charge in [-0.1, -0.05) is 25.8 Å². The van der Waals surface area contributed by atoms with Gasteiger partial charge in [0.15, 0.2) is 0 Å². The van der Waals surface area contributed by atoms with Crippen LogP contribution in [0.3, 0.4) is 0 Å². The molecule has 1 aromatic carbocycles. The number of rotatable bonds is 9. The summed E-state index contributed by atoms with van der Waals surface area (Å²) in [5.41, 5.74) is 0.822. The van der Waals surface area contributed by atoms with Gasteiger partial charge in [-0.2, -0.15) is 0 Å². The Hall–Kier alpha value is -1.33.